The summed E-state index contributed by atoms with van der Waals surface area (Å²) in [6.07, 6.45) is 1.92. The average molecular weight is 278 g/mol. The van der Waals surface area contributed by atoms with Crippen LogP contribution in [-0.2, 0) is 11.2 Å². The van der Waals surface area contributed by atoms with Crippen molar-refractivity contribution >= 4 is 5.91 Å². The zero-order chi connectivity index (χ0) is 14.4. The van der Waals surface area contributed by atoms with E-state index < -0.39 is 5.60 Å². The van der Waals surface area contributed by atoms with Crippen LogP contribution in [0, 0.1) is 0 Å². The van der Waals surface area contributed by atoms with E-state index in [2.05, 4.69) is 5.32 Å². The van der Waals surface area contributed by atoms with E-state index in [9.17, 15) is 9.90 Å². The molecule has 1 amide bonds. The molecule has 1 aromatic carbocycles. The van der Waals surface area contributed by atoms with E-state index >= 15 is 0 Å². The Labute approximate surface area is 119 Å². The summed E-state index contributed by atoms with van der Waals surface area (Å²) in [4.78, 5) is 12.0. The third-order valence-corrected chi connectivity index (χ3v) is 3.65. The number of nitrogens with one attached hydrogen (secondary N) is 1. The van der Waals surface area contributed by atoms with Crippen molar-refractivity contribution in [2.75, 3.05) is 26.3 Å². The Morgan fingerprint density at radius 3 is 2.55 bits per heavy atom. The Morgan fingerprint density at radius 2 is 1.95 bits per heavy atom. The van der Waals surface area contributed by atoms with Gasteiger partial charge in [0.25, 0.3) is 5.91 Å². The van der Waals surface area contributed by atoms with E-state index in [0.29, 0.717) is 38.2 Å². The van der Waals surface area contributed by atoms with Crippen molar-refractivity contribution in [1.29, 1.82) is 0 Å². The lowest BCUT2D eigenvalue weighted by Gasteiger charge is -2.32. The fraction of sp³-hybridized carbons (Fsp3) is 0.533. The lowest BCUT2D eigenvalue weighted by Crippen LogP contribution is -2.46. The molecule has 110 valence electrons. The lowest BCUT2D eigenvalue weighted by atomic mass is 9.94. The number of rotatable bonds is 5. The van der Waals surface area contributed by atoms with E-state index in [1.165, 1.54) is 0 Å². The van der Waals surface area contributed by atoms with E-state index in [1.54, 1.807) is 12.1 Å². The predicted octanol–water partition coefficient (Wildman–Crippen LogP) is 0.459. The van der Waals surface area contributed by atoms with Crippen LogP contribution in [0.5, 0.6) is 0 Å². The van der Waals surface area contributed by atoms with Crippen molar-refractivity contribution in [1.82, 2.24) is 5.32 Å². The van der Waals surface area contributed by atoms with Crippen LogP contribution < -0.4 is 11.1 Å². The highest BCUT2D eigenvalue weighted by atomic mass is 16.5. The number of hydrogen-bond acceptors (Lipinski definition) is 4. The minimum absolute atomic E-state index is 0.163. The molecule has 2 rings (SSSR count). The quantitative estimate of drug-likeness (QED) is 0.730. The first-order valence-electron chi connectivity index (χ1n) is 7.00. The normalized spacial score (nSPS) is 17.7. The standard InChI is InChI=1S/C15H22N2O3/c16-8-5-12-1-3-13(4-2-12)14(18)17-11-15(19)6-9-20-10-7-15/h1-4,19H,5-11,16H2,(H,17,18). The molecule has 0 bridgehead atoms. The number of benzene rings is 1. The minimum atomic E-state index is -0.840. The Kier molecular flexibility index (Phi) is 5.11. The molecule has 0 unspecified atom stereocenters. The summed E-state index contributed by atoms with van der Waals surface area (Å²) in [7, 11) is 0. The summed E-state index contributed by atoms with van der Waals surface area (Å²) in [5.74, 6) is -0.163. The number of hydrogen-bond donors (Lipinski definition) is 3. The van der Waals surface area contributed by atoms with Crippen LogP contribution in [0.3, 0.4) is 0 Å². The Morgan fingerprint density at radius 1 is 1.30 bits per heavy atom. The Balaban J connectivity index is 1.87. The molecule has 0 saturated carbocycles. The molecule has 5 nitrogen and oxygen atoms in total. The summed E-state index contributed by atoms with van der Waals surface area (Å²) in [5, 5.41) is 13.1. The van der Waals surface area contributed by atoms with Crippen LogP contribution in [0.1, 0.15) is 28.8 Å². The van der Waals surface area contributed by atoms with Gasteiger partial charge < -0.3 is 20.9 Å². The highest BCUT2D eigenvalue weighted by Crippen LogP contribution is 2.19. The van der Waals surface area contributed by atoms with Gasteiger partial charge in [-0.25, -0.2) is 0 Å². The van der Waals surface area contributed by atoms with Crippen molar-refractivity contribution in [3.05, 3.63) is 35.4 Å². The van der Waals surface area contributed by atoms with Crippen molar-refractivity contribution in [3.63, 3.8) is 0 Å². The van der Waals surface area contributed by atoms with Crippen molar-refractivity contribution in [2.45, 2.75) is 24.9 Å². The Hall–Kier alpha value is -1.43. The van der Waals surface area contributed by atoms with Crippen LogP contribution in [0.25, 0.3) is 0 Å². The molecular formula is C15H22N2O3. The summed E-state index contributed by atoms with van der Waals surface area (Å²) < 4.78 is 5.21. The van der Waals surface area contributed by atoms with Gasteiger partial charge in [0.2, 0.25) is 0 Å². The van der Waals surface area contributed by atoms with Crippen LogP contribution in [0.15, 0.2) is 24.3 Å². The predicted molar refractivity (Wildman–Crippen MR) is 76.5 cm³/mol. The SMILES string of the molecule is NCCc1ccc(C(=O)NCC2(O)CCOCC2)cc1. The highest BCUT2D eigenvalue weighted by Gasteiger charge is 2.30. The number of aliphatic hydroxyl groups is 1. The van der Waals surface area contributed by atoms with Crippen LogP contribution in [-0.4, -0.2) is 42.9 Å². The first-order valence-corrected chi connectivity index (χ1v) is 7.00. The topological polar surface area (TPSA) is 84.6 Å². The van der Waals surface area contributed by atoms with Crippen LogP contribution in [0.2, 0.25) is 0 Å². The Bertz CT molecular complexity index is 439. The van der Waals surface area contributed by atoms with Crippen molar-refractivity contribution < 1.29 is 14.6 Å². The molecule has 1 aromatic rings. The molecule has 0 aromatic heterocycles. The van der Waals surface area contributed by atoms with Gasteiger partial charge in [-0.15, -0.1) is 0 Å². The number of carbonyl (C=O) groups is 1. The number of ether oxygens (including phenoxy) is 1. The van der Waals surface area contributed by atoms with Crippen LogP contribution in [0.4, 0.5) is 0 Å². The van der Waals surface area contributed by atoms with Gasteiger partial charge in [0.1, 0.15) is 0 Å². The highest BCUT2D eigenvalue weighted by molar-refractivity contribution is 5.94. The molecule has 0 radical (unpaired) electrons. The van der Waals surface area contributed by atoms with Gasteiger partial charge in [-0.1, -0.05) is 12.1 Å². The molecule has 1 fully saturated rings. The maximum atomic E-state index is 12.0. The van der Waals surface area contributed by atoms with Gasteiger partial charge in [0, 0.05) is 38.2 Å². The second-order valence-electron chi connectivity index (χ2n) is 5.25. The van der Waals surface area contributed by atoms with E-state index in [4.69, 9.17) is 10.5 Å². The van der Waals surface area contributed by atoms with Crippen LogP contribution >= 0.6 is 0 Å². The first-order chi connectivity index (χ1) is 9.63. The third-order valence-electron chi connectivity index (χ3n) is 3.65. The molecule has 5 heteroatoms. The number of amides is 1. The smallest absolute Gasteiger partial charge is 0.251 e. The second kappa shape index (κ2) is 6.83. The van der Waals surface area contributed by atoms with E-state index in [0.717, 1.165) is 12.0 Å². The number of nitrogens with two attached hydrogens (primary N) is 1. The monoisotopic (exact) mass is 278 g/mol. The van der Waals surface area contributed by atoms with Crippen molar-refractivity contribution in [3.8, 4) is 0 Å². The molecule has 0 spiro atoms. The molecule has 1 aliphatic heterocycles. The largest absolute Gasteiger partial charge is 0.388 e. The molecule has 1 aliphatic rings. The molecular weight excluding hydrogens is 256 g/mol. The average Bonchev–Trinajstić information content (AvgIpc) is 2.47. The molecule has 20 heavy (non-hydrogen) atoms. The third kappa shape index (κ3) is 4.03. The molecule has 4 N–H and O–H groups in total. The molecule has 0 atom stereocenters. The number of carbonyl (C=O) groups excluding carboxylic acids is 1. The van der Waals surface area contributed by atoms with Gasteiger partial charge in [0.05, 0.1) is 5.60 Å². The van der Waals surface area contributed by atoms with Gasteiger partial charge in [-0.3, -0.25) is 4.79 Å². The zero-order valence-corrected chi connectivity index (χ0v) is 11.6. The molecule has 1 heterocycles. The summed E-state index contributed by atoms with van der Waals surface area (Å²) >= 11 is 0. The first kappa shape index (κ1) is 15.0. The van der Waals surface area contributed by atoms with E-state index in [1.807, 2.05) is 12.1 Å². The zero-order valence-electron chi connectivity index (χ0n) is 11.6. The minimum Gasteiger partial charge on any atom is -0.388 e. The maximum absolute atomic E-state index is 12.0. The van der Waals surface area contributed by atoms with Gasteiger partial charge in [0.15, 0.2) is 0 Å². The molecule has 0 aliphatic carbocycles. The van der Waals surface area contributed by atoms with Gasteiger partial charge >= 0.3 is 0 Å². The summed E-state index contributed by atoms with van der Waals surface area (Å²) in [6.45, 7) is 1.95. The molecule has 1 saturated heterocycles. The van der Waals surface area contributed by atoms with Gasteiger partial charge in [-0.2, -0.15) is 0 Å². The van der Waals surface area contributed by atoms with Crippen molar-refractivity contribution in [2.24, 2.45) is 5.73 Å². The maximum Gasteiger partial charge on any atom is 0.251 e. The van der Waals surface area contributed by atoms with Gasteiger partial charge in [-0.05, 0) is 30.7 Å². The lowest BCUT2D eigenvalue weighted by molar-refractivity contribution is -0.0605. The summed E-state index contributed by atoms with van der Waals surface area (Å²) in [5.41, 5.74) is 6.36. The van der Waals surface area contributed by atoms with E-state index in [-0.39, 0.29) is 12.5 Å². The second-order valence-corrected chi connectivity index (χ2v) is 5.25. The fourth-order valence-electron chi connectivity index (χ4n) is 2.26. The summed E-state index contributed by atoms with van der Waals surface area (Å²) in [6, 6.07) is 7.39. The fourth-order valence-corrected chi connectivity index (χ4v) is 2.26.